The first-order valence-corrected chi connectivity index (χ1v) is 11.0. The minimum atomic E-state index is -0.354. The van der Waals surface area contributed by atoms with Gasteiger partial charge in [0, 0.05) is 13.2 Å². The fraction of sp³-hybridized carbons (Fsp3) is 0.480. The van der Waals surface area contributed by atoms with Crippen molar-refractivity contribution in [1.82, 2.24) is 4.90 Å². The minimum absolute atomic E-state index is 0.0489. The SMILES string of the molecule is CCc1ccc(OCC2c3cc(OC)c(OC)cc3CCN2C(=O)C2CCCO2)cc1. The molecule has 0 aromatic heterocycles. The molecule has 0 aliphatic carbocycles. The number of rotatable bonds is 7. The second kappa shape index (κ2) is 9.60. The van der Waals surface area contributed by atoms with Gasteiger partial charge in [-0.3, -0.25) is 4.79 Å². The Balaban J connectivity index is 1.63. The van der Waals surface area contributed by atoms with E-state index in [0.29, 0.717) is 31.3 Å². The third kappa shape index (κ3) is 4.49. The van der Waals surface area contributed by atoms with E-state index in [2.05, 4.69) is 19.1 Å². The maximum atomic E-state index is 13.3. The van der Waals surface area contributed by atoms with Crippen LogP contribution in [0.5, 0.6) is 17.2 Å². The standard InChI is InChI=1S/C25H31NO5/c1-4-17-7-9-19(10-8-17)31-16-21-20-15-24(29-3)23(28-2)14-18(20)11-12-26(21)25(27)22-6-5-13-30-22/h7-10,14-15,21-22H,4-6,11-13,16H2,1-3H3. The molecule has 1 saturated heterocycles. The largest absolute Gasteiger partial charge is 0.493 e. The molecule has 4 rings (SSSR count). The number of carbonyl (C=O) groups is 1. The van der Waals surface area contributed by atoms with Crippen molar-refractivity contribution in [2.75, 3.05) is 34.0 Å². The van der Waals surface area contributed by atoms with Gasteiger partial charge in [-0.1, -0.05) is 19.1 Å². The maximum absolute atomic E-state index is 13.3. The quantitative estimate of drug-likeness (QED) is 0.672. The van der Waals surface area contributed by atoms with Crippen molar-refractivity contribution >= 4 is 5.91 Å². The van der Waals surface area contributed by atoms with E-state index in [9.17, 15) is 4.79 Å². The molecule has 0 N–H and O–H groups in total. The van der Waals surface area contributed by atoms with Gasteiger partial charge in [0.15, 0.2) is 11.5 Å². The van der Waals surface area contributed by atoms with Gasteiger partial charge >= 0.3 is 0 Å². The molecule has 0 radical (unpaired) electrons. The van der Waals surface area contributed by atoms with Crippen LogP contribution in [-0.4, -0.2) is 50.9 Å². The number of benzene rings is 2. The van der Waals surface area contributed by atoms with Crippen LogP contribution in [0, 0.1) is 0 Å². The highest BCUT2D eigenvalue weighted by Crippen LogP contribution is 2.39. The van der Waals surface area contributed by atoms with Crippen molar-refractivity contribution in [1.29, 1.82) is 0 Å². The zero-order valence-corrected chi connectivity index (χ0v) is 18.6. The van der Waals surface area contributed by atoms with Gasteiger partial charge in [0.05, 0.1) is 20.3 Å². The van der Waals surface area contributed by atoms with Crippen molar-refractivity contribution in [2.45, 2.75) is 44.8 Å². The van der Waals surface area contributed by atoms with Crippen molar-refractivity contribution in [3.05, 3.63) is 53.1 Å². The van der Waals surface area contributed by atoms with Crippen LogP contribution < -0.4 is 14.2 Å². The van der Waals surface area contributed by atoms with Gasteiger partial charge in [-0.15, -0.1) is 0 Å². The molecule has 2 atom stereocenters. The number of hydrogen-bond donors (Lipinski definition) is 0. The summed E-state index contributed by atoms with van der Waals surface area (Å²) in [7, 11) is 3.27. The lowest BCUT2D eigenvalue weighted by molar-refractivity contribution is -0.144. The topological polar surface area (TPSA) is 57.2 Å². The number of amides is 1. The third-order valence-electron chi connectivity index (χ3n) is 6.23. The van der Waals surface area contributed by atoms with E-state index in [0.717, 1.165) is 42.6 Å². The number of hydrogen-bond acceptors (Lipinski definition) is 5. The molecule has 6 nitrogen and oxygen atoms in total. The van der Waals surface area contributed by atoms with Crippen molar-refractivity contribution in [2.24, 2.45) is 0 Å². The number of carbonyl (C=O) groups excluding carboxylic acids is 1. The lowest BCUT2D eigenvalue weighted by atomic mass is 9.91. The summed E-state index contributed by atoms with van der Waals surface area (Å²) < 4.78 is 22.9. The number of ether oxygens (including phenoxy) is 4. The average Bonchev–Trinajstić information content (AvgIpc) is 3.36. The third-order valence-corrected chi connectivity index (χ3v) is 6.23. The fourth-order valence-electron chi connectivity index (χ4n) is 4.43. The molecular weight excluding hydrogens is 394 g/mol. The highest BCUT2D eigenvalue weighted by atomic mass is 16.5. The molecule has 0 bridgehead atoms. The second-order valence-electron chi connectivity index (χ2n) is 8.01. The first-order chi connectivity index (χ1) is 15.1. The predicted octanol–water partition coefficient (Wildman–Crippen LogP) is 3.95. The number of methoxy groups -OCH3 is 2. The van der Waals surface area contributed by atoms with Crippen LogP contribution >= 0.6 is 0 Å². The van der Waals surface area contributed by atoms with Crippen LogP contribution in [0.15, 0.2) is 36.4 Å². The van der Waals surface area contributed by atoms with E-state index < -0.39 is 0 Å². The maximum Gasteiger partial charge on any atom is 0.252 e. The van der Waals surface area contributed by atoms with E-state index in [-0.39, 0.29) is 18.1 Å². The van der Waals surface area contributed by atoms with Gasteiger partial charge < -0.3 is 23.8 Å². The Morgan fingerprint density at radius 3 is 2.52 bits per heavy atom. The summed E-state index contributed by atoms with van der Waals surface area (Å²) in [4.78, 5) is 15.2. The van der Waals surface area contributed by atoms with Crippen LogP contribution in [0.25, 0.3) is 0 Å². The van der Waals surface area contributed by atoms with Crippen LogP contribution in [0.2, 0.25) is 0 Å². The summed E-state index contributed by atoms with van der Waals surface area (Å²) >= 11 is 0. The van der Waals surface area contributed by atoms with E-state index in [1.165, 1.54) is 5.56 Å². The van der Waals surface area contributed by atoms with Gasteiger partial charge in [-0.05, 0) is 66.6 Å². The number of fused-ring (bicyclic) bond motifs is 1. The highest BCUT2D eigenvalue weighted by molar-refractivity contribution is 5.82. The van der Waals surface area contributed by atoms with Gasteiger partial charge in [0.25, 0.3) is 5.91 Å². The van der Waals surface area contributed by atoms with Crippen LogP contribution in [-0.2, 0) is 22.4 Å². The van der Waals surface area contributed by atoms with Gasteiger partial charge in [-0.25, -0.2) is 0 Å². The fourth-order valence-corrected chi connectivity index (χ4v) is 4.43. The van der Waals surface area contributed by atoms with E-state index in [4.69, 9.17) is 18.9 Å². The van der Waals surface area contributed by atoms with Crippen molar-refractivity contribution in [3.8, 4) is 17.2 Å². The molecule has 166 valence electrons. The molecule has 1 fully saturated rings. The second-order valence-corrected chi connectivity index (χ2v) is 8.01. The van der Waals surface area contributed by atoms with E-state index >= 15 is 0 Å². The molecule has 1 amide bonds. The Kier molecular flexibility index (Phi) is 6.66. The molecule has 2 heterocycles. The molecular formula is C25H31NO5. The van der Waals surface area contributed by atoms with Gasteiger partial charge in [0.2, 0.25) is 0 Å². The van der Waals surface area contributed by atoms with E-state index in [1.54, 1.807) is 14.2 Å². The Bertz CT molecular complexity index is 905. The average molecular weight is 426 g/mol. The van der Waals surface area contributed by atoms with Crippen LogP contribution in [0.3, 0.4) is 0 Å². The molecule has 2 aliphatic rings. The summed E-state index contributed by atoms with van der Waals surface area (Å²) in [6.45, 7) is 3.78. The van der Waals surface area contributed by atoms with Gasteiger partial charge in [-0.2, -0.15) is 0 Å². The molecule has 2 aliphatic heterocycles. The predicted molar refractivity (Wildman–Crippen MR) is 118 cm³/mol. The van der Waals surface area contributed by atoms with E-state index in [1.807, 2.05) is 29.2 Å². The number of aryl methyl sites for hydroxylation is 1. The van der Waals surface area contributed by atoms with Crippen molar-refractivity contribution in [3.63, 3.8) is 0 Å². The van der Waals surface area contributed by atoms with Crippen LogP contribution in [0.4, 0.5) is 0 Å². The zero-order valence-electron chi connectivity index (χ0n) is 18.6. The monoisotopic (exact) mass is 425 g/mol. The Labute approximate surface area is 184 Å². The zero-order chi connectivity index (χ0) is 21.8. The first-order valence-electron chi connectivity index (χ1n) is 11.0. The lowest BCUT2D eigenvalue weighted by Crippen LogP contribution is -2.46. The van der Waals surface area contributed by atoms with Gasteiger partial charge in [0.1, 0.15) is 18.5 Å². The normalized spacial score (nSPS) is 20.3. The smallest absolute Gasteiger partial charge is 0.252 e. The minimum Gasteiger partial charge on any atom is -0.493 e. The Hall–Kier alpha value is -2.73. The molecule has 0 saturated carbocycles. The number of nitrogens with zero attached hydrogens (tertiary/aromatic N) is 1. The molecule has 2 aromatic rings. The van der Waals surface area contributed by atoms with Crippen LogP contribution in [0.1, 0.15) is 42.5 Å². The Morgan fingerprint density at radius 2 is 1.87 bits per heavy atom. The molecule has 2 aromatic carbocycles. The molecule has 6 heteroatoms. The summed E-state index contributed by atoms with van der Waals surface area (Å²) in [6, 6.07) is 11.9. The first kappa shape index (κ1) is 21.5. The summed E-state index contributed by atoms with van der Waals surface area (Å²) in [5.41, 5.74) is 3.46. The molecule has 31 heavy (non-hydrogen) atoms. The molecule has 0 spiro atoms. The Morgan fingerprint density at radius 1 is 1.13 bits per heavy atom. The summed E-state index contributed by atoms with van der Waals surface area (Å²) in [5.74, 6) is 2.21. The molecule has 2 unspecified atom stereocenters. The summed E-state index contributed by atoms with van der Waals surface area (Å²) in [6.07, 6.45) is 3.10. The lowest BCUT2D eigenvalue weighted by Gasteiger charge is -2.38. The highest BCUT2D eigenvalue weighted by Gasteiger charge is 2.37. The summed E-state index contributed by atoms with van der Waals surface area (Å²) in [5, 5.41) is 0. The van der Waals surface area contributed by atoms with Crippen molar-refractivity contribution < 1.29 is 23.7 Å².